The average Bonchev–Trinajstić information content (AvgIpc) is 2.47. The van der Waals surface area contributed by atoms with E-state index in [1.54, 1.807) is 13.2 Å². The number of ether oxygens (including phenoxy) is 1. The van der Waals surface area contributed by atoms with E-state index < -0.39 is 0 Å². The average molecular weight is 268 g/mol. The quantitative estimate of drug-likeness (QED) is 0.540. The fourth-order valence-electron chi connectivity index (χ4n) is 2.20. The molecule has 0 saturated heterocycles. The Morgan fingerprint density at radius 2 is 1.95 bits per heavy atom. The molecule has 100 valence electrons. The lowest BCUT2D eigenvalue weighted by molar-refractivity contribution is -0.688. The smallest absolute Gasteiger partial charge is 0.336 e. The highest BCUT2D eigenvalue weighted by molar-refractivity contribution is 5.81. The Kier molecular flexibility index (Phi) is 3.21. The fraction of sp³-hybridized carbons (Fsp3) is 0.125. The van der Waals surface area contributed by atoms with Crippen molar-refractivity contribution in [2.45, 2.75) is 6.54 Å². The maximum atomic E-state index is 11.7. The molecule has 0 spiro atoms. The van der Waals surface area contributed by atoms with Crippen molar-refractivity contribution < 1.29 is 13.7 Å². The topological polar surface area (TPSA) is 43.3 Å². The van der Waals surface area contributed by atoms with Crippen molar-refractivity contribution in [1.29, 1.82) is 0 Å². The van der Waals surface area contributed by atoms with E-state index in [0.29, 0.717) is 17.9 Å². The molecule has 0 amide bonds. The van der Waals surface area contributed by atoms with Gasteiger partial charge in [0.05, 0.1) is 7.11 Å². The van der Waals surface area contributed by atoms with Crippen molar-refractivity contribution in [3.63, 3.8) is 0 Å². The van der Waals surface area contributed by atoms with Crippen molar-refractivity contribution in [2.24, 2.45) is 0 Å². The Hall–Kier alpha value is -2.62. The maximum Gasteiger partial charge on any atom is 0.336 e. The zero-order valence-electron chi connectivity index (χ0n) is 11.1. The number of pyridine rings is 1. The molecule has 0 bridgehead atoms. The molecule has 3 aromatic rings. The minimum absolute atomic E-state index is 0.350. The largest absolute Gasteiger partial charge is 0.497 e. The number of hydrogen-bond acceptors (Lipinski definition) is 3. The zero-order chi connectivity index (χ0) is 13.9. The molecule has 0 fully saturated rings. The van der Waals surface area contributed by atoms with E-state index >= 15 is 0 Å². The molecule has 0 atom stereocenters. The molecule has 0 unspecified atom stereocenters. The summed E-state index contributed by atoms with van der Waals surface area (Å²) in [6, 6.07) is 12.9. The van der Waals surface area contributed by atoms with Crippen LogP contribution in [0.5, 0.6) is 5.75 Å². The van der Waals surface area contributed by atoms with Crippen LogP contribution < -0.4 is 14.9 Å². The van der Waals surface area contributed by atoms with Crippen LogP contribution in [0.4, 0.5) is 0 Å². The summed E-state index contributed by atoms with van der Waals surface area (Å²) in [5.74, 6) is 0.671. The van der Waals surface area contributed by atoms with E-state index in [-0.39, 0.29) is 5.63 Å². The van der Waals surface area contributed by atoms with Crippen LogP contribution in [0.3, 0.4) is 0 Å². The van der Waals surface area contributed by atoms with Crippen molar-refractivity contribution in [1.82, 2.24) is 0 Å². The molecule has 3 rings (SSSR count). The second kappa shape index (κ2) is 5.17. The van der Waals surface area contributed by atoms with Gasteiger partial charge in [0.2, 0.25) is 0 Å². The van der Waals surface area contributed by atoms with Gasteiger partial charge in [-0.25, -0.2) is 9.36 Å². The number of nitrogens with zero attached hydrogens (tertiary/aromatic N) is 1. The third kappa shape index (κ3) is 2.40. The first-order chi connectivity index (χ1) is 9.76. The van der Waals surface area contributed by atoms with Gasteiger partial charge in [-0.05, 0) is 12.1 Å². The number of methoxy groups -OCH3 is 1. The van der Waals surface area contributed by atoms with Gasteiger partial charge >= 0.3 is 5.63 Å². The van der Waals surface area contributed by atoms with Gasteiger partial charge in [-0.3, -0.25) is 0 Å². The van der Waals surface area contributed by atoms with Crippen LogP contribution in [-0.4, -0.2) is 7.11 Å². The summed E-state index contributed by atoms with van der Waals surface area (Å²) >= 11 is 0. The van der Waals surface area contributed by atoms with E-state index in [1.807, 2.05) is 47.3 Å². The molecular weight excluding hydrogens is 254 g/mol. The van der Waals surface area contributed by atoms with Crippen molar-refractivity contribution in [3.8, 4) is 5.75 Å². The van der Waals surface area contributed by atoms with E-state index in [2.05, 4.69) is 0 Å². The van der Waals surface area contributed by atoms with Gasteiger partial charge in [0, 0.05) is 35.2 Å². The first kappa shape index (κ1) is 12.4. The predicted octanol–water partition coefficient (Wildman–Crippen LogP) is 2.14. The summed E-state index contributed by atoms with van der Waals surface area (Å²) in [6.45, 7) is 0.620. The lowest BCUT2D eigenvalue weighted by atomic mass is 10.1. The van der Waals surface area contributed by atoms with Crippen molar-refractivity contribution in [3.05, 3.63) is 70.8 Å². The highest BCUT2D eigenvalue weighted by Crippen LogP contribution is 2.22. The van der Waals surface area contributed by atoms with Crippen molar-refractivity contribution >= 4 is 11.0 Å². The van der Waals surface area contributed by atoms with Gasteiger partial charge in [-0.15, -0.1) is 0 Å². The molecule has 20 heavy (non-hydrogen) atoms. The van der Waals surface area contributed by atoms with Gasteiger partial charge in [-0.2, -0.15) is 0 Å². The van der Waals surface area contributed by atoms with Crippen LogP contribution in [0.1, 0.15) is 5.56 Å². The Bertz CT molecular complexity index is 794. The minimum Gasteiger partial charge on any atom is -0.497 e. The summed E-state index contributed by atoms with van der Waals surface area (Å²) in [7, 11) is 1.59. The summed E-state index contributed by atoms with van der Waals surface area (Å²) in [5.41, 5.74) is 1.12. The number of hydrogen-bond donors (Lipinski definition) is 0. The summed E-state index contributed by atoms with van der Waals surface area (Å²) in [4.78, 5) is 11.7. The van der Waals surface area contributed by atoms with Gasteiger partial charge in [0.1, 0.15) is 11.3 Å². The summed E-state index contributed by atoms with van der Waals surface area (Å²) < 4.78 is 12.4. The van der Waals surface area contributed by atoms with Gasteiger partial charge < -0.3 is 9.15 Å². The molecule has 4 nitrogen and oxygen atoms in total. The summed E-state index contributed by atoms with van der Waals surface area (Å²) in [5, 5.41) is 0.918. The van der Waals surface area contributed by atoms with Gasteiger partial charge in [0.25, 0.3) is 0 Å². The molecule has 2 heterocycles. The molecule has 0 saturated carbocycles. The lowest BCUT2D eigenvalue weighted by Crippen LogP contribution is -2.33. The molecule has 4 heteroatoms. The van der Waals surface area contributed by atoms with Crippen LogP contribution in [0.2, 0.25) is 0 Å². The van der Waals surface area contributed by atoms with Crippen LogP contribution in [-0.2, 0) is 6.54 Å². The third-order valence-corrected chi connectivity index (χ3v) is 3.17. The van der Waals surface area contributed by atoms with E-state index in [9.17, 15) is 4.79 Å². The number of benzene rings is 1. The zero-order valence-corrected chi connectivity index (χ0v) is 11.1. The minimum atomic E-state index is -0.350. The molecule has 1 aromatic carbocycles. The molecule has 0 aliphatic heterocycles. The number of rotatable bonds is 3. The number of aromatic nitrogens is 1. The maximum absolute atomic E-state index is 11.7. The summed E-state index contributed by atoms with van der Waals surface area (Å²) in [6.07, 6.45) is 3.92. The molecule has 0 N–H and O–H groups in total. The van der Waals surface area contributed by atoms with Gasteiger partial charge in [-0.1, -0.05) is 6.07 Å². The van der Waals surface area contributed by atoms with Crippen molar-refractivity contribution in [2.75, 3.05) is 7.11 Å². The van der Waals surface area contributed by atoms with E-state index in [0.717, 1.165) is 10.9 Å². The monoisotopic (exact) mass is 268 g/mol. The fourth-order valence-corrected chi connectivity index (χ4v) is 2.20. The first-order valence-electron chi connectivity index (χ1n) is 6.31. The van der Waals surface area contributed by atoms with E-state index in [4.69, 9.17) is 9.15 Å². The predicted molar refractivity (Wildman–Crippen MR) is 74.8 cm³/mol. The highest BCUT2D eigenvalue weighted by Gasteiger charge is 2.10. The second-order valence-electron chi connectivity index (χ2n) is 4.50. The van der Waals surface area contributed by atoms with Crippen LogP contribution in [0, 0.1) is 0 Å². The Morgan fingerprint density at radius 3 is 2.70 bits per heavy atom. The Balaban J connectivity index is 2.12. The Morgan fingerprint density at radius 1 is 1.15 bits per heavy atom. The third-order valence-electron chi connectivity index (χ3n) is 3.17. The highest BCUT2D eigenvalue weighted by atomic mass is 16.5. The van der Waals surface area contributed by atoms with Crippen LogP contribution >= 0.6 is 0 Å². The second-order valence-corrected chi connectivity index (χ2v) is 4.50. The Labute approximate surface area is 115 Å². The molecule has 0 aliphatic rings. The molecule has 2 aromatic heterocycles. The van der Waals surface area contributed by atoms with Gasteiger partial charge in [0.15, 0.2) is 18.9 Å². The molecular formula is C16H14NO3+. The normalized spacial score (nSPS) is 10.7. The van der Waals surface area contributed by atoms with E-state index in [1.165, 1.54) is 6.07 Å². The lowest BCUT2D eigenvalue weighted by Gasteiger charge is -2.04. The SMILES string of the molecule is COc1ccc2c(C[n+]3ccccc3)cc(=O)oc2c1. The number of fused-ring (bicyclic) bond motifs is 1. The standard InChI is InChI=1S/C16H14NO3/c1-19-13-5-6-14-12(9-16(18)20-15(14)10-13)11-17-7-3-2-4-8-17/h2-10H,11H2,1H3/q+1. The molecule has 0 aliphatic carbocycles. The van der Waals surface area contributed by atoms with Crippen LogP contribution in [0.15, 0.2) is 64.1 Å². The van der Waals surface area contributed by atoms with Crippen LogP contribution in [0.25, 0.3) is 11.0 Å². The first-order valence-corrected chi connectivity index (χ1v) is 6.31. The molecule has 0 radical (unpaired) electrons.